The molecule has 2 aliphatic heterocycles. The van der Waals surface area contributed by atoms with Gasteiger partial charge in [-0.1, -0.05) is 37.8 Å². The molecule has 4 aliphatic carbocycles. The summed E-state index contributed by atoms with van der Waals surface area (Å²) in [4.78, 5) is 38.0. The number of rotatable bonds is 9. The molecule has 11 heteroatoms. The number of esters is 1. The van der Waals surface area contributed by atoms with Crippen LogP contribution >= 0.6 is 0 Å². The molecule has 0 bridgehead atoms. The Hall–Kier alpha value is -6.07. The molecule has 2 saturated carbocycles. The number of ether oxygens (including phenoxy) is 5. The van der Waals surface area contributed by atoms with Crippen molar-refractivity contribution < 1.29 is 43.2 Å². The Morgan fingerprint density at radius 3 is 1.66 bits per heavy atom. The van der Waals surface area contributed by atoms with Crippen LogP contribution in [-0.4, -0.2) is 49.7 Å². The lowest BCUT2D eigenvalue weighted by atomic mass is 9.94. The number of amides is 2. The maximum Gasteiger partial charge on any atom is 0.334 e. The van der Waals surface area contributed by atoms with Crippen molar-refractivity contribution in [2.75, 3.05) is 37.4 Å². The van der Waals surface area contributed by atoms with Crippen LogP contribution in [0, 0.1) is 0 Å². The maximum absolute atomic E-state index is 13.1. The molecule has 0 atom stereocenters. The second-order valence-corrected chi connectivity index (χ2v) is 14.7. The molecule has 0 radical (unpaired) electrons. The summed E-state index contributed by atoms with van der Waals surface area (Å²) in [7, 11) is 0. The Labute approximate surface area is 325 Å². The quantitative estimate of drug-likeness (QED) is 0.151. The normalized spacial score (nSPS) is 17.5. The molecule has 2 fully saturated rings. The van der Waals surface area contributed by atoms with Crippen LogP contribution in [0.1, 0.15) is 73.4 Å². The third kappa shape index (κ3) is 6.76. The minimum Gasteiger partial charge on any atom is -0.463 e. The fraction of sp³-hybridized carbons (Fsp3) is 0.311. The number of fused-ring (bicyclic) bond motifs is 4. The molecule has 0 saturated heterocycles. The highest BCUT2D eigenvalue weighted by atomic mass is 16.7. The van der Waals surface area contributed by atoms with Crippen molar-refractivity contribution in [2.45, 2.75) is 63.7 Å². The standard InChI is InChI=1S/C23H21NO5.C21H19NO4.CH4/c1-2-27-21(25)16-9-14-3-5-18(11-15(14)10-16)24-22(26)23(7-8-23)17-4-6-19-20(12-17)29-13-28-19;23-11-13-7-14-1-3-17(9-15(14)8-13)22-20(24)21(5-6-21)16-2-4-18-19(10-16)26-12-25-18;/h3-6,10-12H,2,7-9,13H2,1H3,(H,24,26);1-4,8-10,23H,5-7,11-12H2,(H,22,24);1H4. The summed E-state index contributed by atoms with van der Waals surface area (Å²) in [5.74, 6) is 2.55. The molecular formula is C45H44N2O9. The van der Waals surface area contributed by atoms with Crippen LogP contribution in [0.4, 0.5) is 11.4 Å². The first-order valence-electron chi connectivity index (χ1n) is 18.6. The molecule has 2 amide bonds. The number of aliphatic hydroxyl groups excluding tert-OH is 1. The highest BCUT2D eigenvalue weighted by molar-refractivity contribution is 6.03. The molecule has 0 aromatic heterocycles. The Morgan fingerprint density at radius 2 is 1.16 bits per heavy atom. The van der Waals surface area contributed by atoms with Gasteiger partial charge >= 0.3 is 5.97 Å². The molecular weight excluding hydrogens is 713 g/mol. The third-order valence-electron chi connectivity index (χ3n) is 11.3. The molecule has 4 aromatic rings. The van der Waals surface area contributed by atoms with Gasteiger partial charge in [0.2, 0.25) is 25.4 Å². The molecule has 11 nitrogen and oxygen atoms in total. The van der Waals surface area contributed by atoms with E-state index in [0.717, 1.165) is 82.6 Å². The monoisotopic (exact) mass is 756 g/mol. The van der Waals surface area contributed by atoms with Gasteiger partial charge in [-0.2, -0.15) is 0 Å². The Morgan fingerprint density at radius 1 is 0.661 bits per heavy atom. The summed E-state index contributed by atoms with van der Waals surface area (Å²) in [6, 6.07) is 23.1. The first kappa shape index (κ1) is 36.9. The highest BCUT2D eigenvalue weighted by Crippen LogP contribution is 2.52. The van der Waals surface area contributed by atoms with Crippen molar-refractivity contribution in [3.8, 4) is 23.0 Å². The number of benzene rings is 4. The molecule has 10 rings (SSSR count). The van der Waals surface area contributed by atoms with E-state index in [0.29, 0.717) is 35.8 Å². The Balaban J connectivity index is 0.000000156. The lowest BCUT2D eigenvalue weighted by Gasteiger charge is -2.17. The van der Waals surface area contributed by atoms with Crippen LogP contribution in [0.2, 0.25) is 0 Å². The fourth-order valence-electron chi connectivity index (χ4n) is 7.79. The summed E-state index contributed by atoms with van der Waals surface area (Å²) < 4.78 is 26.7. The first-order chi connectivity index (χ1) is 26.8. The number of aliphatic hydroxyl groups is 1. The number of carbonyl (C=O) groups is 3. The fourth-order valence-corrected chi connectivity index (χ4v) is 7.79. The molecule has 0 unspecified atom stereocenters. The van der Waals surface area contributed by atoms with Gasteiger partial charge in [-0.3, -0.25) is 9.59 Å². The number of nitrogens with one attached hydrogen (secondary N) is 2. The van der Waals surface area contributed by atoms with Crippen molar-refractivity contribution >= 4 is 41.3 Å². The van der Waals surface area contributed by atoms with Crippen LogP contribution in [0.3, 0.4) is 0 Å². The van der Waals surface area contributed by atoms with Gasteiger partial charge in [0, 0.05) is 23.4 Å². The Kier molecular flexibility index (Phi) is 9.58. The number of hydrogen-bond donors (Lipinski definition) is 3. The third-order valence-corrected chi connectivity index (χ3v) is 11.3. The molecule has 288 valence electrons. The lowest BCUT2D eigenvalue weighted by Crippen LogP contribution is -2.27. The van der Waals surface area contributed by atoms with Crippen molar-refractivity contribution in [3.63, 3.8) is 0 Å². The van der Waals surface area contributed by atoms with Crippen LogP contribution in [0.25, 0.3) is 12.2 Å². The number of carbonyl (C=O) groups excluding carboxylic acids is 3. The minimum absolute atomic E-state index is 0. The second-order valence-electron chi connectivity index (χ2n) is 14.7. The summed E-state index contributed by atoms with van der Waals surface area (Å²) >= 11 is 0. The zero-order chi connectivity index (χ0) is 37.7. The van der Waals surface area contributed by atoms with Gasteiger partial charge < -0.3 is 39.4 Å². The molecule has 6 aliphatic rings. The summed E-state index contributed by atoms with van der Waals surface area (Å²) in [5.41, 5.74) is 8.33. The summed E-state index contributed by atoms with van der Waals surface area (Å²) in [6.45, 7) is 2.67. The van der Waals surface area contributed by atoms with Crippen molar-refractivity contribution in [1.82, 2.24) is 0 Å². The van der Waals surface area contributed by atoms with Gasteiger partial charge in [-0.25, -0.2) is 4.79 Å². The predicted octanol–water partition coefficient (Wildman–Crippen LogP) is 7.24. The van der Waals surface area contributed by atoms with E-state index >= 15 is 0 Å². The minimum atomic E-state index is -0.522. The highest BCUT2D eigenvalue weighted by Gasteiger charge is 2.52. The number of hydrogen-bond acceptors (Lipinski definition) is 9. The van der Waals surface area contributed by atoms with Crippen LogP contribution < -0.4 is 29.6 Å². The summed E-state index contributed by atoms with van der Waals surface area (Å²) in [6.07, 6.45) is 8.44. The molecule has 3 N–H and O–H groups in total. The lowest BCUT2D eigenvalue weighted by molar-refractivity contribution is -0.138. The van der Waals surface area contributed by atoms with Crippen molar-refractivity contribution in [2.24, 2.45) is 0 Å². The first-order valence-corrected chi connectivity index (χ1v) is 18.6. The van der Waals surface area contributed by atoms with Crippen molar-refractivity contribution in [3.05, 3.63) is 117 Å². The van der Waals surface area contributed by atoms with E-state index in [1.54, 1.807) is 6.92 Å². The summed E-state index contributed by atoms with van der Waals surface area (Å²) in [5, 5.41) is 15.4. The van der Waals surface area contributed by atoms with Crippen LogP contribution in [0.15, 0.2) is 83.9 Å². The van der Waals surface area contributed by atoms with E-state index < -0.39 is 10.8 Å². The predicted molar refractivity (Wildman–Crippen MR) is 211 cm³/mol. The zero-order valence-electron chi connectivity index (χ0n) is 30.4. The van der Waals surface area contributed by atoms with Gasteiger partial charge in [-0.15, -0.1) is 0 Å². The van der Waals surface area contributed by atoms with Gasteiger partial charge in [0.05, 0.1) is 24.0 Å². The van der Waals surface area contributed by atoms with Crippen LogP contribution in [-0.2, 0) is 42.8 Å². The van der Waals surface area contributed by atoms with Gasteiger partial charge in [-0.05, 0) is 133 Å². The number of anilines is 2. The SMILES string of the molecule is C.CCOC(=O)C1=Cc2cc(NC(=O)C3(c4ccc5c(c4)OCO5)CC3)ccc2C1.O=C(Nc1ccc2c(c1)C=C(CO)C2)C1(c2ccc3c(c2)OCO3)CC1. The molecule has 56 heavy (non-hydrogen) atoms. The van der Waals surface area contributed by atoms with E-state index in [-0.39, 0.29) is 45.4 Å². The molecule has 2 heterocycles. The smallest absolute Gasteiger partial charge is 0.334 e. The molecule has 4 aromatic carbocycles. The van der Waals surface area contributed by atoms with E-state index in [1.807, 2.05) is 84.9 Å². The van der Waals surface area contributed by atoms with E-state index in [4.69, 9.17) is 23.7 Å². The van der Waals surface area contributed by atoms with E-state index in [9.17, 15) is 19.5 Å². The average Bonchev–Trinajstić information content (AvgIpc) is 3.90. The van der Waals surface area contributed by atoms with Gasteiger partial charge in [0.25, 0.3) is 0 Å². The van der Waals surface area contributed by atoms with Crippen LogP contribution in [0.5, 0.6) is 23.0 Å². The topological polar surface area (TPSA) is 142 Å². The maximum atomic E-state index is 13.1. The zero-order valence-corrected chi connectivity index (χ0v) is 30.4. The largest absolute Gasteiger partial charge is 0.463 e. The molecule has 0 spiro atoms. The van der Waals surface area contributed by atoms with E-state index in [2.05, 4.69) is 10.6 Å². The van der Waals surface area contributed by atoms with Gasteiger partial charge in [0.1, 0.15) is 0 Å². The van der Waals surface area contributed by atoms with E-state index in [1.165, 1.54) is 5.56 Å². The second kappa shape index (κ2) is 14.5. The average molecular weight is 757 g/mol. The van der Waals surface area contributed by atoms with Crippen molar-refractivity contribution in [1.29, 1.82) is 0 Å². The van der Waals surface area contributed by atoms with Gasteiger partial charge in [0.15, 0.2) is 23.0 Å². The Bertz CT molecular complexity index is 2320.